The van der Waals surface area contributed by atoms with Crippen LogP contribution in [0, 0.1) is 10.1 Å². The smallest absolute Gasteiger partial charge is 0.269 e. The number of para-hydroxylation sites is 1. The predicted molar refractivity (Wildman–Crippen MR) is 109 cm³/mol. The van der Waals surface area contributed by atoms with E-state index in [-0.39, 0.29) is 5.69 Å². The maximum atomic E-state index is 10.8. The van der Waals surface area contributed by atoms with Crippen molar-refractivity contribution >= 4 is 11.6 Å². The molecule has 0 atom stereocenters. The van der Waals surface area contributed by atoms with E-state index in [2.05, 4.69) is 10.3 Å². The minimum Gasteiger partial charge on any atom is -0.496 e. The third-order valence-electron chi connectivity index (χ3n) is 4.11. The average molecular weight is 386 g/mol. The van der Waals surface area contributed by atoms with Crippen LogP contribution in [-0.4, -0.2) is 50.2 Å². The first-order valence-electron chi connectivity index (χ1n) is 8.88. The van der Waals surface area contributed by atoms with Crippen molar-refractivity contribution in [1.82, 2.24) is 10.2 Å². The molecule has 0 aliphatic heterocycles. The molecule has 1 N–H and O–H groups in total. The number of non-ortho nitro benzene ring substituents is 1. The number of aliphatic imine (C=N–C) groups is 1. The molecule has 0 aromatic heterocycles. The summed E-state index contributed by atoms with van der Waals surface area (Å²) in [6.45, 7) is 2.19. The quantitative estimate of drug-likeness (QED) is 0.234. The summed E-state index contributed by atoms with van der Waals surface area (Å²) in [5.41, 5.74) is 2.01. The number of methoxy groups -OCH3 is 2. The lowest BCUT2D eigenvalue weighted by Crippen LogP contribution is -2.40. The fourth-order valence-electron chi connectivity index (χ4n) is 2.63. The molecule has 0 spiro atoms. The molecule has 2 aromatic rings. The van der Waals surface area contributed by atoms with Crippen molar-refractivity contribution in [2.45, 2.75) is 13.1 Å². The highest BCUT2D eigenvalue weighted by Crippen LogP contribution is 2.19. The minimum absolute atomic E-state index is 0.0689. The van der Waals surface area contributed by atoms with Crippen molar-refractivity contribution in [1.29, 1.82) is 0 Å². The first kappa shape index (κ1) is 21.2. The summed E-state index contributed by atoms with van der Waals surface area (Å²) in [6, 6.07) is 14.3. The SMILES string of the molecule is COCCNC(=NCc1ccc([N+](=O)[O-])cc1)N(C)Cc1ccccc1OC. The normalized spacial score (nSPS) is 11.2. The van der Waals surface area contributed by atoms with E-state index in [4.69, 9.17) is 9.47 Å². The van der Waals surface area contributed by atoms with Gasteiger partial charge < -0.3 is 19.7 Å². The standard InChI is InChI=1S/C20H26N4O4/c1-23(15-17-6-4-5-7-19(17)28-3)20(21-12-13-27-2)22-14-16-8-10-18(11-9-16)24(25)26/h4-11H,12-15H2,1-3H3,(H,21,22). The molecule has 0 saturated heterocycles. The largest absolute Gasteiger partial charge is 0.496 e. The van der Waals surface area contributed by atoms with Gasteiger partial charge in [0.05, 0.1) is 25.2 Å². The fourth-order valence-corrected chi connectivity index (χ4v) is 2.63. The molecule has 0 aliphatic carbocycles. The Kier molecular flexibility index (Phi) is 8.23. The number of nitro benzene ring substituents is 1. The molecule has 2 rings (SSSR count). The Morgan fingerprint density at radius 3 is 2.54 bits per heavy atom. The van der Waals surface area contributed by atoms with Gasteiger partial charge in [0.2, 0.25) is 0 Å². The highest BCUT2D eigenvalue weighted by atomic mass is 16.6. The summed E-state index contributed by atoms with van der Waals surface area (Å²) in [5, 5.41) is 14.1. The van der Waals surface area contributed by atoms with Crippen molar-refractivity contribution in [3.8, 4) is 5.75 Å². The molecule has 0 amide bonds. The van der Waals surface area contributed by atoms with Crippen LogP contribution >= 0.6 is 0 Å². The Labute approximate surface area is 164 Å². The molecule has 0 saturated carbocycles. The van der Waals surface area contributed by atoms with Crippen molar-refractivity contribution in [3.05, 3.63) is 69.8 Å². The number of nitrogens with zero attached hydrogens (tertiary/aromatic N) is 3. The Hall–Kier alpha value is -3.13. The second-order valence-electron chi connectivity index (χ2n) is 6.15. The van der Waals surface area contributed by atoms with Crippen LogP contribution in [0.5, 0.6) is 5.75 Å². The maximum Gasteiger partial charge on any atom is 0.269 e. The molecule has 28 heavy (non-hydrogen) atoms. The molecule has 0 bridgehead atoms. The monoisotopic (exact) mass is 386 g/mol. The van der Waals surface area contributed by atoms with Crippen molar-refractivity contribution in [3.63, 3.8) is 0 Å². The Morgan fingerprint density at radius 2 is 1.89 bits per heavy atom. The summed E-state index contributed by atoms with van der Waals surface area (Å²) in [5.74, 6) is 1.53. The number of ether oxygens (including phenoxy) is 2. The van der Waals surface area contributed by atoms with Crippen LogP contribution in [0.15, 0.2) is 53.5 Å². The van der Waals surface area contributed by atoms with Crippen LogP contribution in [-0.2, 0) is 17.8 Å². The van der Waals surface area contributed by atoms with Crippen LogP contribution in [0.2, 0.25) is 0 Å². The molecule has 8 nitrogen and oxygen atoms in total. The first-order valence-corrected chi connectivity index (χ1v) is 8.88. The molecule has 0 aliphatic rings. The number of nitro groups is 1. The van der Waals surface area contributed by atoms with Gasteiger partial charge in [-0.2, -0.15) is 0 Å². The number of hydrogen-bond donors (Lipinski definition) is 1. The minimum atomic E-state index is -0.411. The number of hydrogen-bond acceptors (Lipinski definition) is 5. The van der Waals surface area contributed by atoms with Crippen LogP contribution in [0.3, 0.4) is 0 Å². The van der Waals surface area contributed by atoms with Gasteiger partial charge in [0, 0.05) is 44.9 Å². The Morgan fingerprint density at radius 1 is 1.18 bits per heavy atom. The zero-order valence-corrected chi connectivity index (χ0v) is 16.4. The van der Waals surface area contributed by atoms with Gasteiger partial charge in [0.15, 0.2) is 5.96 Å². The Balaban J connectivity index is 2.12. The summed E-state index contributed by atoms with van der Waals surface area (Å²) < 4.78 is 10.5. The lowest BCUT2D eigenvalue weighted by Gasteiger charge is -2.23. The number of benzene rings is 2. The van der Waals surface area contributed by atoms with Gasteiger partial charge in [-0.05, 0) is 11.6 Å². The van der Waals surface area contributed by atoms with Gasteiger partial charge in [0.25, 0.3) is 5.69 Å². The van der Waals surface area contributed by atoms with Gasteiger partial charge in [0.1, 0.15) is 5.75 Å². The summed E-state index contributed by atoms with van der Waals surface area (Å²) in [6.07, 6.45) is 0. The molecule has 150 valence electrons. The zero-order chi connectivity index (χ0) is 20.4. The second kappa shape index (κ2) is 10.9. The molecule has 2 aromatic carbocycles. The van der Waals surface area contributed by atoms with Crippen LogP contribution < -0.4 is 10.1 Å². The fraction of sp³-hybridized carbons (Fsp3) is 0.350. The summed E-state index contributed by atoms with van der Waals surface area (Å²) >= 11 is 0. The number of rotatable bonds is 9. The van der Waals surface area contributed by atoms with E-state index in [1.807, 2.05) is 36.2 Å². The second-order valence-corrected chi connectivity index (χ2v) is 6.15. The van der Waals surface area contributed by atoms with Gasteiger partial charge in [-0.15, -0.1) is 0 Å². The topological polar surface area (TPSA) is 89.2 Å². The highest BCUT2D eigenvalue weighted by Gasteiger charge is 2.11. The van der Waals surface area contributed by atoms with Crippen LogP contribution in [0.4, 0.5) is 5.69 Å². The molecule has 0 heterocycles. The van der Waals surface area contributed by atoms with Gasteiger partial charge >= 0.3 is 0 Å². The van der Waals surface area contributed by atoms with Crippen LogP contribution in [0.1, 0.15) is 11.1 Å². The number of nitrogens with one attached hydrogen (secondary N) is 1. The van der Waals surface area contributed by atoms with E-state index in [1.54, 1.807) is 26.4 Å². The third-order valence-corrected chi connectivity index (χ3v) is 4.11. The molecular formula is C20H26N4O4. The predicted octanol–water partition coefficient (Wildman–Crippen LogP) is 2.83. The average Bonchev–Trinajstić information content (AvgIpc) is 2.71. The van der Waals surface area contributed by atoms with E-state index < -0.39 is 4.92 Å². The third kappa shape index (κ3) is 6.24. The van der Waals surface area contributed by atoms with Crippen LogP contribution in [0.25, 0.3) is 0 Å². The van der Waals surface area contributed by atoms with Gasteiger partial charge in [-0.1, -0.05) is 30.3 Å². The molecule has 0 radical (unpaired) electrons. The van der Waals surface area contributed by atoms with E-state index >= 15 is 0 Å². The zero-order valence-electron chi connectivity index (χ0n) is 16.4. The van der Waals surface area contributed by atoms with Crippen molar-refractivity contribution < 1.29 is 14.4 Å². The lowest BCUT2D eigenvalue weighted by atomic mass is 10.2. The first-order chi connectivity index (χ1) is 13.5. The number of guanidine groups is 1. The van der Waals surface area contributed by atoms with Crippen molar-refractivity contribution in [2.75, 3.05) is 34.4 Å². The van der Waals surface area contributed by atoms with Crippen molar-refractivity contribution in [2.24, 2.45) is 4.99 Å². The lowest BCUT2D eigenvalue weighted by molar-refractivity contribution is -0.384. The molecule has 0 unspecified atom stereocenters. The highest BCUT2D eigenvalue weighted by molar-refractivity contribution is 5.79. The van der Waals surface area contributed by atoms with E-state index in [0.717, 1.165) is 16.9 Å². The maximum absolute atomic E-state index is 10.8. The van der Waals surface area contributed by atoms with Gasteiger partial charge in [-0.3, -0.25) is 10.1 Å². The van der Waals surface area contributed by atoms with E-state index in [0.29, 0.717) is 32.2 Å². The van der Waals surface area contributed by atoms with Gasteiger partial charge in [-0.25, -0.2) is 4.99 Å². The summed E-state index contributed by atoms with van der Waals surface area (Å²) in [4.78, 5) is 17.0. The molecule has 8 heteroatoms. The molecule has 0 fully saturated rings. The Bertz CT molecular complexity index is 793. The van der Waals surface area contributed by atoms with E-state index in [9.17, 15) is 10.1 Å². The summed E-state index contributed by atoms with van der Waals surface area (Å²) in [7, 11) is 5.24. The molecular weight excluding hydrogens is 360 g/mol. The van der Waals surface area contributed by atoms with E-state index in [1.165, 1.54) is 12.1 Å².